The van der Waals surface area contributed by atoms with Crippen LogP contribution >= 0.6 is 0 Å². The summed E-state index contributed by atoms with van der Waals surface area (Å²) in [6, 6.07) is 9.04. The second kappa shape index (κ2) is 5.76. The first-order valence-corrected chi connectivity index (χ1v) is 6.07. The van der Waals surface area contributed by atoms with Gasteiger partial charge in [-0.05, 0) is 12.0 Å². The Bertz CT molecular complexity index is 477. The molecule has 0 spiro atoms. The summed E-state index contributed by atoms with van der Waals surface area (Å²) in [4.78, 5) is 11.9. The Balaban J connectivity index is 1.98. The first kappa shape index (κ1) is 12.7. The Morgan fingerprint density at radius 1 is 1.39 bits per heavy atom. The molecule has 3 heteroatoms. The topological polar surface area (TPSA) is 63.3 Å². The Morgan fingerprint density at radius 3 is 2.72 bits per heavy atom. The number of ketones is 1. The Kier molecular flexibility index (Phi) is 4.07. The second-order valence-corrected chi connectivity index (χ2v) is 4.47. The molecule has 1 aliphatic rings. The van der Waals surface area contributed by atoms with E-state index in [4.69, 9.17) is 5.73 Å². The molecule has 0 radical (unpaired) electrons. The highest BCUT2D eigenvalue weighted by Crippen LogP contribution is 2.17. The van der Waals surface area contributed by atoms with Crippen molar-refractivity contribution in [1.82, 2.24) is 0 Å². The number of Topliss-reactive ketones (excluding diaryl/α,β-unsaturated/α-hetero) is 1. The van der Waals surface area contributed by atoms with Gasteiger partial charge in [0.15, 0.2) is 5.78 Å². The first-order valence-electron chi connectivity index (χ1n) is 6.07. The van der Waals surface area contributed by atoms with Crippen molar-refractivity contribution in [2.24, 2.45) is 5.73 Å². The minimum absolute atomic E-state index is 0.0192. The van der Waals surface area contributed by atoms with E-state index in [-0.39, 0.29) is 18.2 Å². The van der Waals surface area contributed by atoms with Crippen LogP contribution in [0.1, 0.15) is 23.2 Å². The standard InChI is InChI=1S/C15H17NO2/c16-13-8-6-12(7-9-13)15(18)10-14(17)11-4-2-1-3-5-11/h1-8,13,15,18H,9-10,16H2/t13?,15-/m1/s1. The van der Waals surface area contributed by atoms with E-state index in [9.17, 15) is 9.90 Å². The lowest BCUT2D eigenvalue weighted by Gasteiger charge is -2.16. The zero-order chi connectivity index (χ0) is 13.0. The summed E-state index contributed by atoms with van der Waals surface area (Å²) in [6.07, 6.45) is 5.62. The minimum atomic E-state index is -0.749. The van der Waals surface area contributed by atoms with Gasteiger partial charge >= 0.3 is 0 Å². The number of aliphatic hydroxyl groups is 1. The zero-order valence-corrected chi connectivity index (χ0v) is 10.1. The number of nitrogens with two attached hydrogens (primary N) is 1. The van der Waals surface area contributed by atoms with Crippen molar-refractivity contribution in [3.05, 3.63) is 59.7 Å². The fourth-order valence-corrected chi connectivity index (χ4v) is 1.94. The van der Waals surface area contributed by atoms with Gasteiger partial charge < -0.3 is 10.8 Å². The van der Waals surface area contributed by atoms with Crippen molar-refractivity contribution in [1.29, 1.82) is 0 Å². The predicted molar refractivity (Wildman–Crippen MR) is 71.2 cm³/mol. The van der Waals surface area contributed by atoms with Crippen molar-refractivity contribution in [2.45, 2.75) is 25.0 Å². The van der Waals surface area contributed by atoms with Gasteiger partial charge in [-0.25, -0.2) is 0 Å². The third-order valence-corrected chi connectivity index (χ3v) is 3.02. The zero-order valence-electron chi connectivity index (χ0n) is 10.1. The maximum absolute atomic E-state index is 11.9. The van der Waals surface area contributed by atoms with Crippen LogP contribution in [0.15, 0.2) is 54.1 Å². The highest BCUT2D eigenvalue weighted by molar-refractivity contribution is 5.96. The quantitative estimate of drug-likeness (QED) is 0.793. The molecular weight excluding hydrogens is 226 g/mol. The van der Waals surface area contributed by atoms with Crippen molar-refractivity contribution >= 4 is 5.78 Å². The molecule has 3 nitrogen and oxygen atoms in total. The van der Waals surface area contributed by atoms with Crippen LogP contribution in [0.5, 0.6) is 0 Å². The van der Waals surface area contributed by atoms with Gasteiger partial charge in [0.25, 0.3) is 0 Å². The van der Waals surface area contributed by atoms with Crippen LogP contribution in [0, 0.1) is 0 Å². The van der Waals surface area contributed by atoms with Crippen molar-refractivity contribution in [3.8, 4) is 0 Å². The first-order chi connectivity index (χ1) is 8.66. The number of aliphatic hydroxyl groups excluding tert-OH is 1. The van der Waals surface area contributed by atoms with Crippen molar-refractivity contribution in [2.75, 3.05) is 0 Å². The van der Waals surface area contributed by atoms with E-state index in [1.165, 1.54) is 0 Å². The van der Waals surface area contributed by atoms with Gasteiger partial charge in [-0.1, -0.05) is 48.6 Å². The summed E-state index contributed by atoms with van der Waals surface area (Å²) in [6.45, 7) is 0. The fourth-order valence-electron chi connectivity index (χ4n) is 1.94. The van der Waals surface area contributed by atoms with Crippen LogP contribution in [0.4, 0.5) is 0 Å². The van der Waals surface area contributed by atoms with Crippen molar-refractivity contribution in [3.63, 3.8) is 0 Å². The van der Waals surface area contributed by atoms with E-state index in [1.807, 2.05) is 30.4 Å². The molecule has 0 amide bonds. The average molecular weight is 243 g/mol. The number of benzene rings is 1. The van der Waals surface area contributed by atoms with Crippen LogP contribution < -0.4 is 5.73 Å². The molecule has 2 atom stereocenters. The fraction of sp³-hybridized carbons (Fsp3) is 0.267. The summed E-state index contributed by atoms with van der Waals surface area (Å²) >= 11 is 0. The lowest BCUT2D eigenvalue weighted by molar-refractivity contribution is 0.0916. The third-order valence-electron chi connectivity index (χ3n) is 3.02. The molecule has 0 aliphatic heterocycles. The molecule has 0 bridgehead atoms. The highest BCUT2D eigenvalue weighted by Gasteiger charge is 2.16. The summed E-state index contributed by atoms with van der Waals surface area (Å²) < 4.78 is 0. The van der Waals surface area contributed by atoms with Gasteiger partial charge in [-0.15, -0.1) is 0 Å². The van der Waals surface area contributed by atoms with E-state index in [0.717, 1.165) is 5.57 Å². The molecule has 0 fully saturated rings. The normalized spacial score (nSPS) is 20.3. The molecule has 3 N–H and O–H groups in total. The van der Waals surface area contributed by atoms with Gasteiger partial charge in [0.05, 0.1) is 6.10 Å². The largest absolute Gasteiger partial charge is 0.388 e. The smallest absolute Gasteiger partial charge is 0.165 e. The molecule has 0 heterocycles. The molecule has 0 aromatic heterocycles. The molecule has 0 saturated heterocycles. The van der Waals surface area contributed by atoms with E-state index >= 15 is 0 Å². The van der Waals surface area contributed by atoms with Crippen molar-refractivity contribution < 1.29 is 9.90 Å². The third kappa shape index (κ3) is 3.15. The Hall–Kier alpha value is -1.71. The molecule has 0 saturated carbocycles. The number of hydrogen-bond acceptors (Lipinski definition) is 3. The molecule has 94 valence electrons. The number of hydrogen-bond donors (Lipinski definition) is 2. The van der Waals surface area contributed by atoms with Gasteiger partial charge in [-0.2, -0.15) is 0 Å². The van der Waals surface area contributed by atoms with Crippen LogP contribution in [0.2, 0.25) is 0 Å². The maximum atomic E-state index is 11.9. The summed E-state index contributed by atoms with van der Waals surface area (Å²) in [7, 11) is 0. The minimum Gasteiger partial charge on any atom is -0.388 e. The van der Waals surface area contributed by atoms with Crippen LogP contribution in [0.3, 0.4) is 0 Å². The Labute approximate surface area is 107 Å². The molecule has 2 rings (SSSR count). The Morgan fingerprint density at radius 2 is 2.11 bits per heavy atom. The second-order valence-electron chi connectivity index (χ2n) is 4.47. The molecular formula is C15H17NO2. The van der Waals surface area contributed by atoms with Gasteiger partial charge in [0, 0.05) is 18.0 Å². The molecule has 1 unspecified atom stereocenters. The lowest BCUT2D eigenvalue weighted by atomic mass is 9.95. The van der Waals surface area contributed by atoms with Gasteiger partial charge in [-0.3, -0.25) is 4.79 Å². The summed E-state index contributed by atoms with van der Waals surface area (Å²) in [5, 5.41) is 10.0. The SMILES string of the molecule is NC1C=CC([C@H](O)CC(=O)c2ccccc2)=CC1. The molecule has 1 aromatic carbocycles. The van der Waals surface area contributed by atoms with E-state index < -0.39 is 6.10 Å². The number of rotatable bonds is 4. The summed E-state index contributed by atoms with van der Waals surface area (Å²) in [5.41, 5.74) is 7.12. The summed E-state index contributed by atoms with van der Waals surface area (Å²) in [5.74, 6) is -0.0488. The van der Waals surface area contributed by atoms with Gasteiger partial charge in [0.1, 0.15) is 0 Å². The van der Waals surface area contributed by atoms with Crippen LogP contribution in [-0.2, 0) is 0 Å². The number of carbonyl (C=O) groups is 1. The average Bonchev–Trinajstić information content (AvgIpc) is 2.40. The predicted octanol–water partition coefficient (Wildman–Crippen LogP) is 1.83. The molecule has 1 aliphatic carbocycles. The maximum Gasteiger partial charge on any atom is 0.165 e. The van der Waals surface area contributed by atoms with Crippen LogP contribution in [0.25, 0.3) is 0 Å². The lowest BCUT2D eigenvalue weighted by Crippen LogP contribution is -2.22. The highest BCUT2D eigenvalue weighted by atomic mass is 16.3. The molecule has 1 aromatic rings. The molecule has 18 heavy (non-hydrogen) atoms. The van der Waals surface area contributed by atoms with Gasteiger partial charge in [0.2, 0.25) is 0 Å². The van der Waals surface area contributed by atoms with E-state index in [1.54, 1.807) is 18.2 Å². The number of carbonyl (C=O) groups excluding carboxylic acids is 1. The van der Waals surface area contributed by atoms with E-state index in [0.29, 0.717) is 12.0 Å². The van der Waals surface area contributed by atoms with Crippen LogP contribution in [-0.4, -0.2) is 23.0 Å². The monoisotopic (exact) mass is 243 g/mol. The van der Waals surface area contributed by atoms with E-state index in [2.05, 4.69) is 0 Å².